The van der Waals surface area contributed by atoms with Gasteiger partial charge in [0.05, 0.1) is 11.0 Å². The molecule has 0 unspecified atom stereocenters. The van der Waals surface area contributed by atoms with Gasteiger partial charge in [0.1, 0.15) is 5.82 Å². The van der Waals surface area contributed by atoms with Crippen molar-refractivity contribution in [2.75, 3.05) is 36.4 Å². The van der Waals surface area contributed by atoms with Crippen LogP contribution < -0.4 is 10.2 Å². The van der Waals surface area contributed by atoms with Gasteiger partial charge in [-0.05, 0) is 30.7 Å². The summed E-state index contributed by atoms with van der Waals surface area (Å²) in [6.07, 6.45) is 2.96. The Kier molecular flexibility index (Phi) is 5.69. The Balaban J connectivity index is 1.18. The summed E-state index contributed by atoms with van der Waals surface area (Å²) < 4.78 is 0. The SMILES string of the molecule is O=C(CCCC(=O)N1CCN(c2ccccn2)CC1)Nc1nc2ccccc2[nH]1. The molecule has 8 heteroatoms. The highest BCUT2D eigenvalue weighted by Gasteiger charge is 2.21. The Morgan fingerprint density at radius 1 is 1.00 bits per heavy atom. The van der Waals surface area contributed by atoms with Crippen molar-refractivity contribution in [3.05, 3.63) is 48.7 Å². The van der Waals surface area contributed by atoms with Crippen molar-refractivity contribution in [2.24, 2.45) is 0 Å². The van der Waals surface area contributed by atoms with Crippen molar-refractivity contribution in [3.8, 4) is 0 Å². The van der Waals surface area contributed by atoms with Gasteiger partial charge in [-0.25, -0.2) is 9.97 Å². The molecule has 0 bridgehead atoms. The lowest BCUT2D eigenvalue weighted by Gasteiger charge is -2.35. The number of amides is 2. The number of aromatic nitrogens is 3. The molecule has 0 saturated carbocycles. The number of rotatable bonds is 6. The number of nitrogens with one attached hydrogen (secondary N) is 2. The summed E-state index contributed by atoms with van der Waals surface area (Å²) in [6, 6.07) is 13.4. The number of piperazine rings is 1. The highest BCUT2D eigenvalue weighted by molar-refractivity contribution is 5.91. The zero-order valence-electron chi connectivity index (χ0n) is 16.2. The Labute approximate surface area is 168 Å². The van der Waals surface area contributed by atoms with Crippen LogP contribution in [0.2, 0.25) is 0 Å². The quantitative estimate of drug-likeness (QED) is 0.672. The lowest BCUT2D eigenvalue weighted by Crippen LogP contribution is -2.49. The van der Waals surface area contributed by atoms with Gasteiger partial charge in [0.15, 0.2) is 0 Å². The van der Waals surface area contributed by atoms with Crippen molar-refractivity contribution in [1.82, 2.24) is 19.9 Å². The van der Waals surface area contributed by atoms with Gasteiger partial charge in [0, 0.05) is 45.2 Å². The first-order chi connectivity index (χ1) is 14.2. The molecule has 0 spiro atoms. The lowest BCUT2D eigenvalue weighted by molar-refractivity contribution is -0.131. The summed E-state index contributed by atoms with van der Waals surface area (Å²) in [5, 5.41) is 2.76. The van der Waals surface area contributed by atoms with Crippen LogP contribution in [0.3, 0.4) is 0 Å². The zero-order valence-corrected chi connectivity index (χ0v) is 16.2. The first-order valence-corrected chi connectivity index (χ1v) is 9.87. The van der Waals surface area contributed by atoms with Crippen LogP contribution in [0.5, 0.6) is 0 Å². The highest BCUT2D eigenvalue weighted by atomic mass is 16.2. The van der Waals surface area contributed by atoms with Gasteiger partial charge in [-0.3, -0.25) is 14.9 Å². The third-order valence-corrected chi connectivity index (χ3v) is 5.05. The molecule has 4 rings (SSSR count). The van der Waals surface area contributed by atoms with E-state index in [-0.39, 0.29) is 18.2 Å². The molecule has 1 aliphatic heterocycles. The van der Waals surface area contributed by atoms with Gasteiger partial charge >= 0.3 is 0 Å². The molecular weight excluding hydrogens is 368 g/mol. The van der Waals surface area contributed by atoms with Gasteiger partial charge in [0.25, 0.3) is 0 Å². The predicted molar refractivity (Wildman–Crippen MR) is 112 cm³/mol. The third-order valence-electron chi connectivity index (χ3n) is 5.05. The average Bonchev–Trinajstić information content (AvgIpc) is 3.16. The minimum Gasteiger partial charge on any atom is -0.353 e. The molecule has 0 atom stereocenters. The van der Waals surface area contributed by atoms with E-state index in [1.807, 2.05) is 47.4 Å². The maximum absolute atomic E-state index is 12.4. The molecule has 1 saturated heterocycles. The number of imidazole rings is 1. The van der Waals surface area contributed by atoms with Gasteiger partial charge in [-0.2, -0.15) is 0 Å². The second kappa shape index (κ2) is 8.72. The monoisotopic (exact) mass is 392 g/mol. The number of H-pyrrole nitrogens is 1. The van der Waals surface area contributed by atoms with E-state index in [1.54, 1.807) is 6.20 Å². The highest BCUT2D eigenvalue weighted by Crippen LogP contribution is 2.15. The standard InChI is InChI=1S/C21H24N6O2/c28-19(25-21-23-16-6-1-2-7-17(16)24-21)9-5-10-20(29)27-14-12-26(13-15-27)18-8-3-4-11-22-18/h1-4,6-8,11H,5,9-10,12-15H2,(H2,23,24,25,28). The molecule has 29 heavy (non-hydrogen) atoms. The van der Waals surface area contributed by atoms with Gasteiger partial charge in [-0.1, -0.05) is 18.2 Å². The lowest BCUT2D eigenvalue weighted by atomic mass is 10.2. The number of hydrogen-bond donors (Lipinski definition) is 2. The Morgan fingerprint density at radius 2 is 1.79 bits per heavy atom. The van der Waals surface area contributed by atoms with Gasteiger partial charge in [-0.15, -0.1) is 0 Å². The van der Waals surface area contributed by atoms with Crippen molar-refractivity contribution in [2.45, 2.75) is 19.3 Å². The fourth-order valence-corrected chi connectivity index (χ4v) is 3.49. The second-order valence-corrected chi connectivity index (χ2v) is 7.06. The van der Waals surface area contributed by atoms with Crippen LogP contribution in [0.25, 0.3) is 11.0 Å². The third kappa shape index (κ3) is 4.71. The summed E-state index contributed by atoms with van der Waals surface area (Å²) in [6.45, 7) is 2.91. The molecule has 1 aliphatic rings. The van der Waals surface area contributed by atoms with Crippen molar-refractivity contribution in [1.29, 1.82) is 0 Å². The number of anilines is 2. The predicted octanol–water partition coefficient (Wildman–Crippen LogP) is 2.42. The molecule has 8 nitrogen and oxygen atoms in total. The van der Waals surface area contributed by atoms with Crippen LogP contribution in [0.1, 0.15) is 19.3 Å². The van der Waals surface area contributed by atoms with E-state index >= 15 is 0 Å². The van der Waals surface area contributed by atoms with Crippen LogP contribution in [-0.4, -0.2) is 57.8 Å². The van der Waals surface area contributed by atoms with E-state index in [0.29, 0.717) is 31.9 Å². The summed E-state index contributed by atoms with van der Waals surface area (Å²) in [4.78, 5) is 40.4. The van der Waals surface area contributed by atoms with Crippen molar-refractivity contribution >= 4 is 34.6 Å². The maximum atomic E-state index is 12.4. The number of fused-ring (bicyclic) bond motifs is 1. The van der Waals surface area contributed by atoms with Crippen LogP contribution in [0, 0.1) is 0 Å². The molecule has 1 aromatic carbocycles. The number of benzene rings is 1. The van der Waals surface area contributed by atoms with E-state index in [2.05, 4.69) is 25.2 Å². The van der Waals surface area contributed by atoms with Gasteiger partial charge < -0.3 is 14.8 Å². The maximum Gasteiger partial charge on any atom is 0.226 e. The van der Waals surface area contributed by atoms with E-state index in [9.17, 15) is 9.59 Å². The first kappa shape index (κ1) is 18.9. The van der Waals surface area contributed by atoms with Crippen LogP contribution in [0.4, 0.5) is 11.8 Å². The van der Waals surface area contributed by atoms with E-state index in [0.717, 1.165) is 29.9 Å². The Bertz CT molecular complexity index is 946. The van der Waals surface area contributed by atoms with Crippen LogP contribution in [-0.2, 0) is 9.59 Å². The minimum atomic E-state index is -0.142. The molecule has 0 aliphatic carbocycles. The topological polar surface area (TPSA) is 94.2 Å². The van der Waals surface area contributed by atoms with Crippen LogP contribution in [0.15, 0.2) is 48.7 Å². The summed E-state index contributed by atoms with van der Waals surface area (Å²) in [5.41, 5.74) is 1.69. The number of carbonyl (C=O) groups is 2. The molecule has 150 valence electrons. The Hall–Kier alpha value is -3.42. The molecule has 1 fully saturated rings. The van der Waals surface area contributed by atoms with E-state index < -0.39 is 0 Å². The van der Waals surface area contributed by atoms with E-state index in [4.69, 9.17) is 0 Å². The number of nitrogens with zero attached hydrogens (tertiary/aromatic N) is 4. The largest absolute Gasteiger partial charge is 0.353 e. The first-order valence-electron chi connectivity index (χ1n) is 9.87. The molecule has 2 aromatic heterocycles. The summed E-state index contributed by atoms with van der Waals surface area (Å²) >= 11 is 0. The smallest absolute Gasteiger partial charge is 0.226 e. The zero-order chi connectivity index (χ0) is 20.1. The molecular formula is C21H24N6O2. The molecule has 2 amide bonds. The second-order valence-electron chi connectivity index (χ2n) is 7.06. The summed E-state index contributed by atoms with van der Waals surface area (Å²) in [7, 11) is 0. The fraction of sp³-hybridized carbons (Fsp3) is 0.333. The average molecular weight is 392 g/mol. The molecule has 0 radical (unpaired) electrons. The molecule has 2 N–H and O–H groups in total. The molecule has 3 heterocycles. The van der Waals surface area contributed by atoms with Crippen molar-refractivity contribution < 1.29 is 9.59 Å². The molecule has 3 aromatic rings. The number of hydrogen-bond acceptors (Lipinski definition) is 5. The normalized spacial score (nSPS) is 14.2. The van der Waals surface area contributed by atoms with E-state index in [1.165, 1.54) is 0 Å². The Morgan fingerprint density at radius 3 is 2.55 bits per heavy atom. The number of pyridine rings is 1. The fourth-order valence-electron chi connectivity index (χ4n) is 3.49. The number of carbonyl (C=O) groups excluding carboxylic acids is 2. The van der Waals surface area contributed by atoms with Crippen LogP contribution >= 0.6 is 0 Å². The summed E-state index contributed by atoms with van der Waals surface area (Å²) in [5.74, 6) is 1.34. The van der Waals surface area contributed by atoms with Crippen molar-refractivity contribution in [3.63, 3.8) is 0 Å². The van der Waals surface area contributed by atoms with Gasteiger partial charge in [0.2, 0.25) is 17.8 Å². The number of para-hydroxylation sites is 2. The minimum absolute atomic E-state index is 0.0993. The number of aromatic amines is 1.